The number of ether oxygens (including phenoxy) is 2. The highest BCUT2D eigenvalue weighted by Gasteiger charge is 2.26. The van der Waals surface area contributed by atoms with Crippen LogP contribution in [-0.2, 0) is 19.1 Å². The highest BCUT2D eigenvalue weighted by molar-refractivity contribution is 5.84. The second kappa shape index (κ2) is 9.21. The Bertz CT molecular complexity index is 392. The lowest BCUT2D eigenvalue weighted by molar-refractivity contribution is -0.143. The summed E-state index contributed by atoms with van der Waals surface area (Å²) in [4.78, 5) is 34.7. The number of carbonyl (C=O) groups excluding carboxylic acids is 3. The first-order valence-electron chi connectivity index (χ1n) is 6.74. The lowest BCUT2D eigenvalue weighted by Crippen LogP contribution is -2.51. The molecule has 0 saturated carbocycles. The molecule has 0 fully saturated rings. The van der Waals surface area contributed by atoms with Gasteiger partial charge in [0.1, 0.15) is 17.7 Å². The van der Waals surface area contributed by atoms with Crippen molar-refractivity contribution in [2.24, 2.45) is 0 Å². The summed E-state index contributed by atoms with van der Waals surface area (Å²) in [6.07, 6.45) is -2.37. The van der Waals surface area contributed by atoms with Crippen LogP contribution in [0.15, 0.2) is 0 Å². The van der Waals surface area contributed by atoms with E-state index < -0.39 is 35.7 Å². The third-order valence-corrected chi connectivity index (χ3v) is 2.36. The number of hydrogen-bond donors (Lipinski definition) is 4. The number of rotatable bonds is 7. The molecule has 22 heavy (non-hydrogen) atoms. The molecule has 0 spiro atoms. The van der Waals surface area contributed by atoms with Crippen LogP contribution >= 0.6 is 0 Å². The van der Waals surface area contributed by atoms with Crippen molar-refractivity contribution in [3.8, 4) is 0 Å². The van der Waals surface area contributed by atoms with E-state index in [-0.39, 0.29) is 19.6 Å². The smallest absolute Gasteiger partial charge is 0.408 e. The van der Waals surface area contributed by atoms with E-state index in [4.69, 9.17) is 9.84 Å². The van der Waals surface area contributed by atoms with E-state index in [0.29, 0.717) is 0 Å². The Labute approximate surface area is 129 Å². The lowest BCUT2D eigenvalue weighted by atomic mass is 10.2. The summed E-state index contributed by atoms with van der Waals surface area (Å²) in [5.74, 6) is -1.54. The van der Waals surface area contributed by atoms with E-state index in [9.17, 15) is 19.5 Å². The maximum atomic E-state index is 11.6. The molecular formula is C13H24N2O7. The van der Waals surface area contributed by atoms with Crippen LogP contribution in [0.1, 0.15) is 27.2 Å². The molecule has 2 atom stereocenters. The van der Waals surface area contributed by atoms with Crippen molar-refractivity contribution in [1.29, 1.82) is 0 Å². The topological polar surface area (TPSA) is 134 Å². The van der Waals surface area contributed by atoms with Gasteiger partial charge in [0.15, 0.2) is 0 Å². The third-order valence-electron chi connectivity index (χ3n) is 2.36. The first-order valence-corrected chi connectivity index (χ1v) is 6.74. The van der Waals surface area contributed by atoms with Crippen LogP contribution in [-0.4, -0.2) is 66.2 Å². The van der Waals surface area contributed by atoms with Gasteiger partial charge in [-0.2, -0.15) is 0 Å². The largest absolute Gasteiger partial charge is 0.467 e. The normalized spacial score (nSPS) is 13.7. The SMILES string of the molecule is COC(=O)[C@H](CNC(=O)[C@@H](O)CCO)NC(=O)OC(C)(C)C. The number of hydrogen-bond acceptors (Lipinski definition) is 7. The molecule has 0 aliphatic carbocycles. The van der Waals surface area contributed by atoms with Crippen LogP contribution in [0.25, 0.3) is 0 Å². The Morgan fingerprint density at radius 1 is 1.23 bits per heavy atom. The van der Waals surface area contributed by atoms with E-state index >= 15 is 0 Å². The van der Waals surface area contributed by atoms with Gasteiger partial charge in [-0.15, -0.1) is 0 Å². The first-order chi connectivity index (χ1) is 10.1. The van der Waals surface area contributed by atoms with Crippen molar-refractivity contribution < 1.29 is 34.1 Å². The molecule has 0 aromatic rings. The minimum Gasteiger partial charge on any atom is -0.467 e. The average molecular weight is 320 g/mol. The highest BCUT2D eigenvalue weighted by Crippen LogP contribution is 2.06. The number of nitrogens with one attached hydrogen (secondary N) is 2. The zero-order chi connectivity index (χ0) is 17.3. The molecule has 2 amide bonds. The maximum Gasteiger partial charge on any atom is 0.408 e. The number of carbonyl (C=O) groups is 3. The van der Waals surface area contributed by atoms with Crippen LogP contribution in [0.2, 0.25) is 0 Å². The van der Waals surface area contributed by atoms with Gasteiger partial charge in [0.05, 0.1) is 7.11 Å². The van der Waals surface area contributed by atoms with E-state index in [1.165, 1.54) is 0 Å². The van der Waals surface area contributed by atoms with Crippen molar-refractivity contribution in [2.75, 3.05) is 20.3 Å². The number of alkyl carbamates (subject to hydrolysis) is 1. The maximum absolute atomic E-state index is 11.6. The van der Waals surface area contributed by atoms with Crippen LogP contribution < -0.4 is 10.6 Å². The molecule has 9 heteroatoms. The van der Waals surface area contributed by atoms with Gasteiger partial charge in [-0.3, -0.25) is 4.79 Å². The highest BCUT2D eigenvalue weighted by atomic mass is 16.6. The molecule has 9 nitrogen and oxygen atoms in total. The van der Waals surface area contributed by atoms with Crippen molar-refractivity contribution in [1.82, 2.24) is 10.6 Å². The fourth-order valence-electron chi connectivity index (χ4n) is 1.36. The van der Waals surface area contributed by atoms with Crippen LogP contribution in [0, 0.1) is 0 Å². The predicted molar refractivity (Wildman–Crippen MR) is 75.9 cm³/mol. The molecule has 4 N–H and O–H groups in total. The number of amides is 2. The van der Waals surface area contributed by atoms with Gasteiger partial charge >= 0.3 is 12.1 Å². The molecule has 0 saturated heterocycles. The minimum atomic E-state index is -1.40. The predicted octanol–water partition coefficient (Wildman–Crippen LogP) is -1.09. The summed E-state index contributed by atoms with van der Waals surface area (Å²) >= 11 is 0. The van der Waals surface area contributed by atoms with Gasteiger partial charge in [-0.25, -0.2) is 9.59 Å². The van der Waals surface area contributed by atoms with Crippen molar-refractivity contribution >= 4 is 18.0 Å². The molecule has 0 unspecified atom stereocenters. The van der Waals surface area contributed by atoms with E-state index in [2.05, 4.69) is 15.4 Å². The monoisotopic (exact) mass is 320 g/mol. The molecular weight excluding hydrogens is 296 g/mol. The number of aliphatic hydroxyl groups excluding tert-OH is 2. The zero-order valence-electron chi connectivity index (χ0n) is 13.2. The van der Waals surface area contributed by atoms with Crippen molar-refractivity contribution in [3.63, 3.8) is 0 Å². The first kappa shape index (κ1) is 20.1. The molecule has 0 heterocycles. The molecule has 0 radical (unpaired) electrons. The molecule has 0 aliphatic heterocycles. The van der Waals surface area contributed by atoms with Gasteiger partial charge in [-0.1, -0.05) is 0 Å². The van der Waals surface area contributed by atoms with Crippen molar-refractivity contribution in [2.45, 2.75) is 44.9 Å². The molecule has 128 valence electrons. The Morgan fingerprint density at radius 2 is 1.82 bits per heavy atom. The van der Waals surface area contributed by atoms with Crippen LogP contribution in [0.3, 0.4) is 0 Å². The Morgan fingerprint density at radius 3 is 2.27 bits per heavy atom. The fourth-order valence-corrected chi connectivity index (χ4v) is 1.36. The molecule has 0 bridgehead atoms. The van der Waals surface area contributed by atoms with E-state index in [1.54, 1.807) is 20.8 Å². The summed E-state index contributed by atoms with van der Waals surface area (Å²) in [6.45, 7) is 4.34. The number of aliphatic hydroxyl groups is 2. The second-order valence-corrected chi connectivity index (χ2v) is 5.50. The summed E-state index contributed by atoms with van der Waals surface area (Å²) in [7, 11) is 1.13. The van der Waals surface area contributed by atoms with Gasteiger partial charge < -0.3 is 30.3 Å². The molecule has 0 aromatic carbocycles. The summed E-state index contributed by atoms with van der Waals surface area (Å²) < 4.78 is 9.52. The number of esters is 1. The third kappa shape index (κ3) is 8.42. The Kier molecular flexibility index (Phi) is 8.43. The van der Waals surface area contributed by atoms with E-state index in [1.807, 2.05) is 0 Å². The standard InChI is InChI=1S/C13H24N2O7/c1-13(2,3)22-12(20)15-8(11(19)21-4)7-14-10(18)9(17)5-6-16/h8-9,16-17H,5-7H2,1-4H3,(H,14,18)(H,15,20)/t8-,9-/m0/s1. The Hall–Kier alpha value is -1.87. The van der Waals surface area contributed by atoms with Gasteiger partial charge in [0.2, 0.25) is 5.91 Å². The van der Waals surface area contributed by atoms with Crippen molar-refractivity contribution in [3.05, 3.63) is 0 Å². The summed E-state index contributed by atoms with van der Waals surface area (Å²) in [5.41, 5.74) is -0.745. The minimum absolute atomic E-state index is 0.131. The van der Waals surface area contributed by atoms with Crippen LogP contribution in [0.4, 0.5) is 4.79 Å². The molecule has 0 rings (SSSR count). The van der Waals surface area contributed by atoms with Crippen LogP contribution in [0.5, 0.6) is 0 Å². The average Bonchev–Trinajstić information content (AvgIpc) is 2.40. The summed E-state index contributed by atoms with van der Waals surface area (Å²) in [5, 5.41) is 22.5. The quantitative estimate of drug-likeness (QED) is 0.438. The van der Waals surface area contributed by atoms with Gasteiger partial charge in [0.25, 0.3) is 0 Å². The second-order valence-electron chi connectivity index (χ2n) is 5.50. The molecule has 0 aliphatic rings. The Balaban J connectivity index is 4.57. The fraction of sp³-hybridized carbons (Fsp3) is 0.769. The summed E-state index contributed by atoms with van der Waals surface area (Å²) in [6, 6.07) is -1.16. The van der Waals surface area contributed by atoms with E-state index in [0.717, 1.165) is 7.11 Å². The van der Waals surface area contributed by atoms with Gasteiger partial charge in [0, 0.05) is 19.6 Å². The van der Waals surface area contributed by atoms with Gasteiger partial charge in [-0.05, 0) is 20.8 Å². The zero-order valence-corrected chi connectivity index (χ0v) is 13.2. The number of methoxy groups -OCH3 is 1. The molecule has 0 aromatic heterocycles. The lowest BCUT2D eigenvalue weighted by Gasteiger charge is -2.23.